The fourth-order valence-corrected chi connectivity index (χ4v) is 4.40. The van der Waals surface area contributed by atoms with Gasteiger partial charge in [-0.1, -0.05) is 17.3 Å². The number of nitrogens with zero attached hydrogens (tertiary/aromatic N) is 5. The number of benzene rings is 1. The van der Waals surface area contributed by atoms with Crippen LogP contribution in [-0.2, 0) is 16.1 Å². The van der Waals surface area contributed by atoms with Gasteiger partial charge >= 0.3 is 11.9 Å². The highest BCUT2D eigenvalue weighted by Gasteiger charge is 2.25. The summed E-state index contributed by atoms with van der Waals surface area (Å²) in [4.78, 5) is 33.5. The molecule has 1 saturated heterocycles. The number of fused-ring (bicyclic) bond motifs is 2. The number of aryl methyl sites for hydroxylation is 2. The molecule has 0 amide bonds. The molecule has 4 heterocycles. The van der Waals surface area contributed by atoms with E-state index in [0.717, 1.165) is 60.4 Å². The summed E-state index contributed by atoms with van der Waals surface area (Å²) >= 11 is 0. The molecule has 2 N–H and O–H groups in total. The smallest absolute Gasteiger partial charge is 0.414 e. The molecule has 11 heteroatoms. The van der Waals surface area contributed by atoms with Crippen molar-refractivity contribution in [2.45, 2.75) is 39.2 Å². The summed E-state index contributed by atoms with van der Waals surface area (Å²) in [6.45, 7) is 7.47. The zero-order valence-corrected chi connectivity index (χ0v) is 19.5. The number of carboxylic acids is 2. The van der Waals surface area contributed by atoms with Crippen LogP contribution in [0.1, 0.15) is 35.7 Å². The molecule has 4 aromatic rings. The third-order valence-electron chi connectivity index (χ3n) is 6.46. The van der Waals surface area contributed by atoms with Crippen LogP contribution < -0.4 is 5.56 Å². The second-order valence-electron chi connectivity index (χ2n) is 8.59. The summed E-state index contributed by atoms with van der Waals surface area (Å²) in [5.41, 5.74) is 4.54. The van der Waals surface area contributed by atoms with E-state index in [-0.39, 0.29) is 5.56 Å². The van der Waals surface area contributed by atoms with Gasteiger partial charge in [0.15, 0.2) is 5.58 Å². The molecular weight excluding hydrogens is 454 g/mol. The molecule has 1 aliphatic heterocycles. The zero-order chi connectivity index (χ0) is 25.1. The minimum atomic E-state index is -1.82. The highest BCUT2D eigenvalue weighted by Crippen LogP contribution is 2.32. The monoisotopic (exact) mass is 481 g/mol. The molecule has 1 fully saturated rings. The fourth-order valence-electron chi connectivity index (χ4n) is 4.40. The van der Waals surface area contributed by atoms with Gasteiger partial charge in [-0.25, -0.2) is 14.1 Å². The molecule has 0 saturated carbocycles. The van der Waals surface area contributed by atoms with E-state index < -0.39 is 11.9 Å². The van der Waals surface area contributed by atoms with Gasteiger partial charge in [0.05, 0.1) is 11.4 Å². The lowest BCUT2D eigenvalue weighted by Gasteiger charge is -2.31. The van der Waals surface area contributed by atoms with E-state index >= 15 is 0 Å². The van der Waals surface area contributed by atoms with Crippen molar-refractivity contribution >= 4 is 28.4 Å². The van der Waals surface area contributed by atoms with Gasteiger partial charge in [0.25, 0.3) is 5.56 Å². The van der Waals surface area contributed by atoms with Crippen LogP contribution in [0.4, 0.5) is 0 Å². The topological polar surface area (TPSA) is 143 Å². The Labute approximate surface area is 200 Å². The van der Waals surface area contributed by atoms with Crippen LogP contribution in [0, 0.1) is 13.8 Å². The van der Waals surface area contributed by atoms with Gasteiger partial charge in [-0.3, -0.25) is 4.79 Å². The number of carboxylic acid groups (broad SMARTS) is 2. The number of likely N-dealkylation sites (tertiary alicyclic amines) is 1. The maximum Gasteiger partial charge on any atom is 0.414 e. The number of carbonyl (C=O) groups is 2. The average molecular weight is 482 g/mol. The normalized spacial score (nSPS) is 14.7. The van der Waals surface area contributed by atoms with Crippen LogP contribution in [0.5, 0.6) is 0 Å². The van der Waals surface area contributed by atoms with Crippen LogP contribution in [0.25, 0.3) is 16.5 Å². The van der Waals surface area contributed by atoms with Crippen molar-refractivity contribution in [3.8, 4) is 0 Å². The molecule has 0 atom stereocenters. The first-order chi connectivity index (χ1) is 16.8. The Morgan fingerprint density at radius 1 is 1.06 bits per heavy atom. The van der Waals surface area contributed by atoms with Crippen LogP contribution >= 0.6 is 0 Å². The van der Waals surface area contributed by atoms with Gasteiger partial charge < -0.3 is 24.2 Å². The van der Waals surface area contributed by atoms with Gasteiger partial charge in [-0.2, -0.15) is 5.10 Å². The predicted molar refractivity (Wildman–Crippen MR) is 127 cm³/mol. The maximum atomic E-state index is 12.8. The van der Waals surface area contributed by atoms with Gasteiger partial charge in [-0.05, 0) is 51.9 Å². The number of aliphatic carboxylic acids is 2. The Bertz CT molecular complexity index is 1420. The molecule has 1 aromatic carbocycles. The van der Waals surface area contributed by atoms with Crippen molar-refractivity contribution in [3.63, 3.8) is 0 Å². The van der Waals surface area contributed by atoms with Crippen molar-refractivity contribution in [3.05, 3.63) is 64.0 Å². The molecule has 11 nitrogen and oxygen atoms in total. The Morgan fingerprint density at radius 2 is 1.74 bits per heavy atom. The Kier molecular flexibility index (Phi) is 6.97. The molecular formula is C24H27N5O6. The summed E-state index contributed by atoms with van der Waals surface area (Å²) in [5, 5.41) is 24.7. The quantitative estimate of drug-likeness (QED) is 0.420. The minimum absolute atomic E-state index is 0.0366. The van der Waals surface area contributed by atoms with E-state index in [1.54, 1.807) is 9.08 Å². The standard InChI is InChI=1S/C22H25N5O2.C2H2O4/c1-15-16(2)23-27-14-13-26(22(28)21(15)27)12-11-25-9-7-17(8-10-25)20-18-5-3-4-6-19(18)29-24-20;3-1(4)2(5)6/h3-6,13-14,17H,7-12H2,1-2H3;(H,3,4)(H,5,6). The Hall–Kier alpha value is -3.99. The largest absolute Gasteiger partial charge is 0.473 e. The van der Waals surface area contributed by atoms with Crippen molar-refractivity contribution in [2.24, 2.45) is 0 Å². The first kappa shape index (κ1) is 24.1. The highest BCUT2D eigenvalue weighted by molar-refractivity contribution is 6.27. The number of hydrogen-bond acceptors (Lipinski definition) is 7. The Balaban J connectivity index is 0.000000431. The lowest BCUT2D eigenvalue weighted by atomic mass is 9.91. The van der Waals surface area contributed by atoms with Gasteiger partial charge in [0.1, 0.15) is 5.52 Å². The van der Waals surface area contributed by atoms with Crippen molar-refractivity contribution < 1.29 is 24.3 Å². The summed E-state index contributed by atoms with van der Waals surface area (Å²) in [7, 11) is 0. The van der Waals surface area contributed by atoms with Gasteiger partial charge in [-0.15, -0.1) is 0 Å². The van der Waals surface area contributed by atoms with Gasteiger partial charge in [0, 0.05) is 42.4 Å². The van der Waals surface area contributed by atoms with E-state index in [1.807, 2.05) is 44.4 Å². The molecule has 0 unspecified atom stereocenters. The zero-order valence-electron chi connectivity index (χ0n) is 19.5. The van der Waals surface area contributed by atoms with E-state index in [9.17, 15) is 4.79 Å². The first-order valence-corrected chi connectivity index (χ1v) is 11.3. The van der Waals surface area contributed by atoms with Crippen molar-refractivity contribution in [2.75, 3.05) is 19.6 Å². The summed E-state index contributed by atoms with van der Waals surface area (Å²) in [6.07, 6.45) is 5.84. The summed E-state index contributed by atoms with van der Waals surface area (Å²) < 4.78 is 8.98. The number of para-hydroxylation sites is 1. The van der Waals surface area contributed by atoms with E-state index in [4.69, 9.17) is 24.3 Å². The van der Waals surface area contributed by atoms with Crippen LogP contribution in [0.15, 0.2) is 46.0 Å². The summed E-state index contributed by atoms with van der Waals surface area (Å²) in [5.74, 6) is -3.21. The van der Waals surface area contributed by atoms with Gasteiger partial charge in [0.2, 0.25) is 0 Å². The molecule has 0 aliphatic carbocycles. The minimum Gasteiger partial charge on any atom is -0.473 e. The fraction of sp³-hybridized carbons (Fsp3) is 0.375. The highest BCUT2D eigenvalue weighted by atomic mass is 16.5. The number of piperidine rings is 1. The SMILES string of the molecule is Cc1nn2ccn(CCN3CCC(c4noc5ccccc45)CC3)c(=O)c2c1C.O=C(O)C(=O)O. The first-order valence-electron chi connectivity index (χ1n) is 11.3. The van der Waals surface area contributed by atoms with Crippen LogP contribution in [-0.4, -0.2) is 66.0 Å². The molecule has 35 heavy (non-hydrogen) atoms. The van der Waals surface area contributed by atoms with E-state index in [1.165, 1.54) is 0 Å². The van der Waals surface area contributed by atoms with E-state index in [0.29, 0.717) is 18.0 Å². The maximum absolute atomic E-state index is 12.8. The van der Waals surface area contributed by atoms with Crippen molar-refractivity contribution in [1.82, 2.24) is 24.2 Å². The molecule has 3 aromatic heterocycles. The number of rotatable bonds is 4. The Morgan fingerprint density at radius 3 is 2.43 bits per heavy atom. The lowest BCUT2D eigenvalue weighted by Crippen LogP contribution is -2.37. The number of aromatic nitrogens is 4. The second-order valence-corrected chi connectivity index (χ2v) is 8.59. The lowest BCUT2D eigenvalue weighted by molar-refractivity contribution is -0.159. The van der Waals surface area contributed by atoms with Crippen LogP contribution in [0.3, 0.4) is 0 Å². The molecule has 0 radical (unpaired) electrons. The molecule has 0 bridgehead atoms. The molecule has 5 rings (SSSR count). The second kappa shape index (κ2) is 10.1. The third-order valence-corrected chi connectivity index (χ3v) is 6.46. The predicted octanol–water partition coefficient (Wildman–Crippen LogP) is 2.29. The average Bonchev–Trinajstić information content (AvgIpc) is 3.40. The van der Waals surface area contributed by atoms with Crippen molar-refractivity contribution in [1.29, 1.82) is 0 Å². The molecule has 184 valence electrons. The third kappa shape index (κ3) is 5.09. The van der Waals surface area contributed by atoms with Crippen LogP contribution in [0.2, 0.25) is 0 Å². The molecule has 0 spiro atoms. The summed E-state index contributed by atoms with van der Waals surface area (Å²) in [6, 6.07) is 8.08. The number of hydrogen-bond donors (Lipinski definition) is 2. The molecule has 1 aliphatic rings. The van der Waals surface area contributed by atoms with E-state index in [2.05, 4.69) is 21.2 Å².